The Labute approximate surface area is 87.7 Å². The zero-order valence-electron chi connectivity index (χ0n) is 7.87. The van der Waals surface area contributed by atoms with Crippen molar-refractivity contribution in [2.24, 2.45) is 0 Å². The standard InChI is InChI=1S/C10H9NO2S/c1-6-3-7(5-11)9(14)8(4-6)10(12)13-2/h3-4,14H,1-2H3. The van der Waals surface area contributed by atoms with Crippen LogP contribution in [0.5, 0.6) is 0 Å². The molecule has 0 aromatic heterocycles. The smallest absolute Gasteiger partial charge is 0.339 e. The Kier molecular flexibility index (Phi) is 3.15. The molecule has 0 amide bonds. The van der Waals surface area contributed by atoms with Gasteiger partial charge in [0.2, 0.25) is 0 Å². The summed E-state index contributed by atoms with van der Waals surface area (Å²) in [6, 6.07) is 5.29. The average Bonchev–Trinajstić information content (AvgIpc) is 2.19. The van der Waals surface area contributed by atoms with E-state index in [0.29, 0.717) is 16.0 Å². The molecule has 4 heteroatoms. The molecule has 1 rings (SSSR count). The molecule has 0 aliphatic rings. The number of esters is 1. The number of aryl methyl sites for hydroxylation is 1. The molecular formula is C10H9NO2S. The molecule has 0 fully saturated rings. The lowest BCUT2D eigenvalue weighted by Crippen LogP contribution is -2.04. The second kappa shape index (κ2) is 4.16. The average molecular weight is 207 g/mol. The number of carbonyl (C=O) groups excluding carboxylic acids is 1. The second-order valence-electron chi connectivity index (χ2n) is 2.81. The summed E-state index contributed by atoms with van der Waals surface area (Å²) in [5.74, 6) is -0.477. The lowest BCUT2D eigenvalue weighted by Gasteiger charge is -2.05. The molecule has 14 heavy (non-hydrogen) atoms. The highest BCUT2D eigenvalue weighted by Crippen LogP contribution is 2.21. The van der Waals surface area contributed by atoms with Crippen molar-refractivity contribution in [1.29, 1.82) is 5.26 Å². The van der Waals surface area contributed by atoms with Crippen molar-refractivity contribution in [2.75, 3.05) is 7.11 Å². The van der Waals surface area contributed by atoms with Crippen LogP contribution in [0.1, 0.15) is 21.5 Å². The molecule has 0 saturated carbocycles. The Morgan fingerprint density at radius 2 is 2.21 bits per heavy atom. The quantitative estimate of drug-likeness (QED) is 0.565. The number of methoxy groups -OCH3 is 1. The van der Waals surface area contributed by atoms with Gasteiger partial charge in [-0.05, 0) is 24.6 Å². The fourth-order valence-corrected chi connectivity index (χ4v) is 1.40. The summed E-state index contributed by atoms with van der Waals surface area (Å²) in [6.45, 7) is 1.81. The summed E-state index contributed by atoms with van der Waals surface area (Å²) in [5.41, 5.74) is 1.54. The summed E-state index contributed by atoms with van der Waals surface area (Å²) < 4.78 is 4.57. The van der Waals surface area contributed by atoms with Crippen molar-refractivity contribution in [1.82, 2.24) is 0 Å². The Bertz CT molecular complexity index is 421. The van der Waals surface area contributed by atoms with Crippen molar-refractivity contribution in [2.45, 2.75) is 11.8 Å². The van der Waals surface area contributed by atoms with Crippen molar-refractivity contribution in [3.05, 3.63) is 28.8 Å². The van der Waals surface area contributed by atoms with Gasteiger partial charge >= 0.3 is 5.97 Å². The molecule has 0 heterocycles. The van der Waals surface area contributed by atoms with Crippen LogP contribution in [-0.2, 0) is 4.74 Å². The minimum atomic E-state index is -0.477. The van der Waals surface area contributed by atoms with E-state index in [4.69, 9.17) is 5.26 Å². The number of carbonyl (C=O) groups is 1. The maximum atomic E-state index is 11.3. The van der Waals surface area contributed by atoms with Crippen LogP contribution in [0.4, 0.5) is 0 Å². The summed E-state index contributed by atoms with van der Waals surface area (Å²) in [7, 11) is 1.30. The number of benzene rings is 1. The molecule has 72 valence electrons. The Morgan fingerprint density at radius 3 is 2.71 bits per heavy atom. The molecule has 3 nitrogen and oxygen atoms in total. The van der Waals surface area contributed by atoms with Gasteiger partial charge in [0.05, 0.1) is 18.2 Å². The number of hydrogen-bond acceptors (Lipinski definition) is 4. The maximum absolute atomic E-state index is 11.3. The van der Waals surface area contributed by atoms with Gasteiger partial charge in [0.15, 0.2) is 0 Å². The van der Waals surface area contributed by atoms with Gasteiger partial charge in [0.1, 0.15) is 6.07 Å². The first-order valence-corrected chi connectivity index (χ1v) is 4.37. The van der Waals surface area contributed by atoms with Crippen molar-refractivity contribution in [3.63, 3.8) is 0 Å². The lowest BCUT2D eigenvalue weighted by molar-refractivity contribution is 0.0596. The Morgan fingerprint density at radius 1 is 1.57 bits per heavy atom. The third kappa shape index (κ3) is 1.88. The highest BCUT2D eigenvalue weighted by Gasteiger charge is 2.13. The van der Waals surface area contributed by atoms with Gasteiger partial charge in [-0.3, -0.25) is 0 Å². The van der Waals surface area contributed by atoms with Gasteiger partial charge in [-0.25, -0.2) is 4.79 Å². The molecule has 1 aromatic carbocycles. The summed E-state index contributed by atoms with van der Waals surface area (Å²) in [4.78, 5) is 11.6. The van der Waals surface area contributed by atoms with E-state index in [9.17, 15) is 4.79 Å². The van der Waals surface area contributed by atoms with E-state index in [2.05, 4.69) is 17.4 Å². The third-order valence-corrected chi connectivity index (χ3v) is 2.26. The van der Waals surface area contributed by atoms with Crippen molar-refractivity contribution in [3.8, 4) is 6.07 Å². The highest BCUT2D eigenvalue weighted by molar-refractivity contribution is 7.80. The second-order valence-corrected chi connectivity index (χ2v) is 3.26. The minimum Gasteiger partial charge on any atom is -0.465 e. The number of ether oxygens (including phenoxy) is 1. The molecular weight excluding hydrogens is 198 g/mol. The SMILES string of the molecule is COC(=O)c1cc(C)cc(C#N)c1S. The van der Waals surface area contributed by atoms with E-state index < -0.39 is 5.97 Å². The van der Waals surface area contributed by atoms with Crippen LogP contribution in [0.2, 0.25) is 0 Å². The summed E-state index contributed by atoms with van der Waals surface area (Å²) in [6.07, 6.45) is 0. The number of nitrogens with zero attached hydrogens (tertiary/aromatic N) is 1. The Balaban J connectivity index is 3.38. The predicted molar refractivity (Wildman–Crippen MR) is 54.5 cm³/mol. The molecule has 0 spiro atoms. The van der Waals surface area contributed by atoms with Crippen LogP contribution in [0, 0.1) is 18.3 Å². The van der Waals surface area contributed by atoms with Gasteiger partial charge in [-0.15, -0.1) is 12.6 Å². The maximum Gasteiger partial charge on any atom is 0.339 e. The van der Waals surface area contributed by atoms with Crippen LogP contribution in [-0.4, -0.2) is 13.1 Å². The predicted octanol–water partition coefficient (Wildman–Crippen LogP) is 1.94. The molecule has 0 bridgehead atoms. The van der Waals surface area contributed by atoms with E-state index >= 15 is 0 Å². The Hall–Kier alpha value is -1.47. The van der Waals surface area contributed by atoms with Gasteiger partial charge in [0, 0.05) is 4.90 Å². The fraction of sp³-hybridized carbons (Fsp3) is 0.200. The van der Waals surface area contributed by atoms with Crippen LogP contribution < -0.4 is 0 Å². The van der Waals surface area contributed by atoms with Gasteiger partial charge in [-0.2, -0.15) is 5.26 Å². The van der Waals surface area contributed by atoms with E-state index in [0.717, 1.165) is 5.56 Å². The van der Waals surface area contributed by atoms with Crippen molar-refractivity contribution < 1.29 is 9.53 Å². The topological polar surface area (TPSA) is 50.1 Å². The number of hydrogen-bond donors (Lipinski definition) is 1. The number of rotatable bonds is 1. The van der Waals surface area contributed by atoms with Gasteiger partial charge < -0.3 is 4.74 Å². The zero-order chi connectivity index (χ0) is 10.7. The molecule has 0 aliphatic heterocycles. The minimum absolute atomic E-state index is 0.326. The van der Waals surface area contributed by atoms with Crippen molar-refractivity contribution >= 4 is 18.6 Å². The first-order chi connectivity index (χ1) is 6.60. The number of nitriles is 1. The first kappa shape index (κ1) is 10.6. The van der Waals surface area contributed by atoms with E-state index in [1.54, 1.807) is 19.1 Å². The number of thiol groups is 1. The van der Waals surface area contributed by atoms with Crippen LogP contribution in [0.3, 0.4) is 0 Å². The van der Waals surface area contributed by atoms with Crippen LogP contribution in [0.15, 0.2) is 17.0 Å². The highest BCUT2D eigenvalue weighted by atomic mass is 32.1. The lowest BCUT2D eigenvalue weighted by atomic mass is 10.1. The largest absolute Gasteiger partial charge is 0.465 e. The van der Waals surface area contributed by atoms with Crippen LogP contribution >= 0.6 is 12.6 Å². The van der Waals surface area contributed by atoms with E-state index in [-0.39, 0.29) is 0 Å². The molecule has 1 aromatic rings. The van der Waals surface area contributed by atoms with Gasteiger partial charge in [0.25, 0.3) is 0 Å². The molecule has 0 unspecified atom stereocenters. The van der Waals surface area contributed by atoms with Crippen LogP contribution in [0.25, 0.3) is 0 Å². The molecule has 0 radical (unpaired) electrons. The molecule has 0 aliphatic carbocycles. The third-order valence-electron chi connectivity index (χ3n) is 1.78. The molecule has 0 N–H and O–H groups in total. The van der Waals surface area contributed by atoms with E-state index in [1.807, 2.05) is 6.07 Å². The fourth-order valence-electron chi connectivity index (χ4n) is 1.13. The van der Waals surface area contributed by atoms with E-state index in [1.165, 1.54) is 7.11 Å². The summed E-state index contributed by atoms with van der Waals surface area (Å²) >= 11 is 4.11. The summed E-state index contributed by atoms with van der Waals surface area (Å²) in [5, 5.41) is 8.77. The van der Waals surface area contributed by atoms with Gasteiger partial charge in [-0.1, -0.05) is 0 Å². The first-order valence-electron chi connectivity index (χ1n) is 3.92. The zero-order valence-corrected chi connectivity index (χ0v) is 8.76. The molecule has 0 atom stereocenters. The normalized spacial score (nSPS) is 9.29. The monoisotopic (exact) mass is 207 g/mol. The molecule has 0 saturated heterocycles.